The van der Waals surface area contributed by atoms with E-state index in [1.807, 2.05) is 41.8 Å². The predicted molar refractivity (Wildman–Crippen MR) is 114 cm³/mol. The zero-order valence-corrected chi connectivity index (χ0v) is 17.5. The van der Waals surface area contributed by atoms with Crippen molar-refractivity contribution in [2.75, 3.05) is 27.9 Å². The predicted octanol–water partition coefficient (Wildman–Crippen LogP) is 3.74. The molecular weight excluding hydrogens is 388 g/mol. The molecule has 3 rings (SSSR count). The van der Waals surface area contributed by atoms with Crippen molar-refractivity contribution in [3.63, 3.8) is 0 Å². The Morgan fingerprint density at radius 1 is 1.00 bits per heavy atom. The van der Waals surface area contributed by atoms with Gasteiger partial charge in [0.15, 0.2) is 11.5 Å². The van der Waals surface area contributed by atoms with E-state index in [9.17, 15) is 4.79 Å². The van der Waals surface area contributed by atoms with E-state index in [0.717, 1.165) is 27.6 Å². The fraction of sp³-hybridized carbons (Fsp3) is 0.273. The van der Waals surface area contributed by atoms with Gasteiger partial charge >= 0.3 is 0 Å². The molecule has 0 aliphatic heterocycles. The van der Waals surface area contributed by atoms with Gasteiger partial charge in [-0.1, -0.05) is 6.07 Å². The zero-order valence-electron chi connectivity index (χ0n) is 16.7. The first-order valence-electron chi connectivity index (χ1n) is 9.19. The minimum atomic E-state index is -0.0378. The molecule has 0 aliphatic carbocycles. The molecule has 0 spiro atoms. The van der Waals surface area contributed by atoms with Gasteiger partial charge < -0.3 is 19.5 Å². The number of thiazole rings is 1. The average molecular weight is 413 g/mol. The lowest BCUT2D eigenvalue weighted by molar-refractivity contribution is -0.120. The van der Waals surface area contributed by atoms with Crippen molar-refractivity contribution in [1.82, 2.24) is 10.3 Å². The number of hydrogen-bond acceptors (Lipinski definition) is 6. The van der Waals surface area contributed by atoms with Gasteiger partial charge in [0.05, 0.1) is 38.5 Å². The standard InChI is InChI=1S/C22H24N2O4S/c1-26-17-7-5-16(6-8-17)18-14-29-22(24-18)10-11-23-21(25)13-15-4-9-19(27-2)20(12-15)28-3/h4-9,12,14H,10-11,13H2,1-3H3,(H,23,25). The molecule has 0 bridgehead atoms. The molecule has 3 aromatic rings. The van der Waals surface area contributed by atoms with Crippen LogP contribution in [0.5, 0.6) is 17.2 Å². The highest BCUT2D eigenvalue weighted by Crippen LogP contribution is 2.27. The molecule has 0 radical (unpaired) electrons. The van der Waals surface area contributed by atoms with Crippen molar-refractivity contribution in [1.29, 1.82) is 0 Å². The molecular formula is C22H24N2O4S. The van der Waals surface area contributed by atoms with Crippen LogP contribution in [0.25, 0.3) is 11.3 Å². The third-order valence-corrected chi connectivity index (χ3v) is 5.32. The first kappa shape index (κ1) is 20.7. The largest absolute Gasteiger partial charge is 0.497 e. The summed E-state index contributed by atoms with van der Waals surface area (Å²) in [4.78, 5) is 16.9. The van der Waals surface area contributed by atoms with Crippen LogP contribution < -0.4 is 19.5 Å². The Kier molecular flexibility index (Phi) is 7.08. The first-order chi connectivity index (χ1) is 14.1. The second-order valence-electron chi connectivity index (χ2n) is 6.32. The highest BCUT2D eigenvalue weighted by molar-refractivity contribution is 7.09. The molecule has 6 nitrogen and oxygen atoms in total. The molecule has 1 aromatic heterocycles. The molecule has 0 saturated carbocycles. The number of carbonyl (C=O) groups excluding carboxylic acids is 1. The molecule has 2 aromatic carbocycles. The van der Waals surface area contributed by atoms with Crippen molar-refractivity contribution >= 4 is 17.2 Å². The molecule has 0 fully saturated rings. The van der Waals surface area contributed by atoms with Gasteiger partial charge in [-0.15, -0.1) is 11.3 Å². The topological polar surface area (TPSA) is 69.7 Å². The van der Waals surface area contributed by atoms with Crippen molar-refractivity contribution in [3.05, 3.63) is 58.4 Å². The summed E-state index contributed by atoms with van der Waals surface area (Å²) in [6, 6.07) is 13.3. The maximum Gasteiger partial charge on any atom is 0.224 e. The van der Waals surface area contributed by atoms with Crippen LogP contribution in [0.15, 0.2) is 47.8 Å². The molecule has 29 heavy (non-hydrogen) atoms. The molecule has 0 atom stereocenters. The lowest BCUT2D eigenvalue weighted by Gasteiger charge is -2.09. The number of carbonyl (C=O) groups is 1. The Labute approximate surface area is 174 Å². The summed E-state index contributed by atoms with van der Waals surface area (Å²) in [7, 11) is 4.81. The Balaban J connectivity index is 1.50. The molecule has 1 heterocycles. The first-order valence-corrected chi connectivity index (χ1v) is 10.1. The van der Waals surface area contributed by atoms with Crippen LogP contribution in [0, 0.1) is 0 Å². The minimum absolute atomic E-state index is 0.0378. The van der Waals surface area contributed by atoms with Crippen LogP contribution in [0.1, 0.15) is 10.6 Å². The van der Waals surface area contributed by atoms with E-state index in [-0.39, 0.29) is 12.3 Å². The van der Waals surface area contributed by atoms with Gasteiger partial charge in [-0.05, 0) is 42.0 Å². The van der Waals surface area contributed by atoms with E-state index in [0.29, 0.717) is 24.5 Å². The molecule has 7 heteroatoms. The lowest BCUT2D eigenvalue weighted by atomic mass is 10.1. The van der Waals surface area contributed by atoms with E-state index < -0.39 is 0 Å². The van der Waals surface area contributed by atoms with Gasteiger partial charge in [0.2, 0.25) is 5.91 Å². The lowest BCUT2D eigenvalue weighted by Crippen LogP contribution is -2.27. The monoisotopic (exact) mass is 412 g/mol. The van der Waals surface area contributed by atoms with Crippen molar-refractivity contribution in [2.45, 2.75) is 12.8 Å². The number of aromatic nitrogens is 1. The van der Waals surface area contributed by atoms with E-state index in [1.165, 1.54) is 0 Å². The molecule has 1 amide bonds. The number of benzene rings is 2. The second-order valence-corrected chi connectivity index (χ2v) is 7.26. The number of nitrogens with zero attached hydrogens (tertiary/aromatic N) is 1. The van der Waals surface area contributed by atoms with Gasteiger partial charge in [-0.2, -0.15) is 0 Å². The van der Waals surface area contributed by atoms with Gasteiger partial charge in [0.25, 0.3) is 0 Å². The third kappa shape index (κ3) is 5.48. The van der Waals surface area contributed by atoms with Crippen LogP contribution in [0.4, 0.5) is 0 Å². The third-order valence-electron chi connectivity index (χ3n) is 4.41. The fourth-order valence-corrected chi connectivity index (χ4v) is 3.67. The van der Waals surface area contributed by atoms with Gasteiger partial charge in [0.1, 0.15) is 5.75 Å². The van der Waals surface area contributed by atoms with Crippen molar-refractivity contribution < 1.29 is 19.0 Å². The summed E-state index contributed by atoms with van der Waals surface area (Å²) in [6.45, 7) is 0.543. The van der Waals surface area contributed by atoms with Crippen LogP contribution in [-0.2, 0) is 17.6 Å². The van der Waals surface area contributed by atoms with Gasteiger partial charge in [-0.3, -0.25) is 4.79 Å². The van der Waals surface area contributed by atoms with E-state index in [1.54, 1.807) is 38.7 Å². The van der Waals surface area contributed by atoms with Crippen LogP contribution in [0.2, 0.25) is 0 Å². The number of nitrogens with one attached hydrogen (secondary N) is 1. The van der Waals surface area contributed by atoms with E-state index >= 15 is 0 Å². The number of ether oxygens (including phenoxy) is 3. The summed E-state index contributed by atoms with van der Waals surface area (Å²) in [5.74, 6) is 2.05. The van der Waals surface area contributed by atoms with Gasteiger partial charge in [0, 0.05) is 23.9 Å². The second kappa shape index (κ2) is 9.93. The number of methoxy groups -OCH3 is 3. The van der Waals surface area contributed by atoms with Gasteiger partial charge in [-0.25, -0.2) is 4.98 Å². The fourth-order valence-electron chi connectivity index (χ4n) is 2.87. The maximum atomic E-state index is 12.2. The summed E-state index contributed by atoms with van der Waals surface area (Å²) < 4.78 is 15.7. The smallest absolute Gasteiger partial charge is 0.224 e. The Hall–Kier alpha value is -3.06. The van der Waals surface area contributed by atoms with Crippen molar-refractivity contribution in [3.8, 4) is 28.5 Å². The number of amides is 1. The minimum Gasteiger partial charge on any atom is -0.497 e. The molecule has 152 valence electrons. The molecule has 1 N–H and O–H groups in total. The Morgan fingerprint density at radius 2 is 1.76 bits per heavy atom. The number of hydrogen-bond donors (Lipinski definition) is 1. The Bertz CT molecular complexity index is 954. The van der Waals surface area contributed by atoms with Crippen LogP contribution in [-0.4, -0.2) is 38.8 Å². The molecule has 0 aliphatic rings. The summed E-state index contributed by atoms with van der Waals surface area (Å²) in [6.07, 6.45) is 0.980. The molecule has 0 unspecified atom stereocenters. The maximum absolute atomic E-state index is 12.2. The SMILES string of the molecule is COc1ccc(-c2csc(CCNC(=O)Cc3ccc(OC)c(OC)c3)n2)cc1. The van der Waals surface area contributed by atoms with E-state index in [2.05, 4.69) is 10.3 Å². The normalized spacial score (nSPS) is 10.4. The highest BCUT2D eigenvalue weighted by Gasteiger charge is 2.09. The van der Waals surface area contributed by atoms with Crippen LogP contribution in [0.3, 0.4) is 0 Å². The summed E-state index contributed by atoms with van der Waals surface area (Å²) >= 11 is 1.59. The average Bonchev–Trinajstić information content (AvgIpc) is 3.22. The Morgan fingerprint density at radius 3 is 2.45 bits per heavy atom. The van der Waals surface area contributed by atoms with E-state index in [4.69, 9.17) is 14.2 Å². The van der Waals surface area contributed by atoms with Crippen molar-refractivity contribution in [2.24, 2.45) is 0 Å². The number of rotatable bonds is 9. The summed E-state index contributed by atoms with van der Waals surface area (Å²) in [5, 5.41) is 5.97. The molecule has 0 saturated heterocycles. The highest BCUT2D eigenvalue weighted by atomic mass is 32.1. The summed E-state index contributed by atoms with van der Waals surface area (Å²) in [5.41, 5.74) is 2.85. The van der Waals surface area contributed by atoms with Crippen LogP contribution >= 0.6 is 11.3 Å². The quantitative estimate of drug-likeness (QED) is 0.580. The zero-order chi connectivity index (χ0) is 20.6.